The zero-order valence-electron chi connectivity index (χ0n) is 41.3. The summed E-state index contributed by atoms with van der Waals surface area (Å²) >= 11 is 31.8. The first kappa shape index (κ1) is 58.2. The Morgan fingerprint density at radius 2 is 0.662 bits per heavy atom. The van der Waals surface area contributed by atoms with Gasteiger partial charge in [-0.2, -0.15) is 0 Å². The average Bonchev–Trinajstić information content (AvgIpc) is 4.09. The highest BCUT2D eigenvalue weighted by Gasteiger charge is 2.44. The Balaban J connectivity index is 0.000000233. The number of thiocarbonyl (C=S) groups is 6. The van der Waals surface area contributed by atoms with E-state index in [-0.39, 0.29) is 41.9 Å². The minimum Gasteiger partial charge on any atom is -0.282 e. The van der Waals surface area contributed by atoms with Crippen molar-refractivity contribution in [3.63, 3.8) is 0 Å². The summed E-state index contributed by atoms with van der Waals surface area (Å²) in [5.41, 5.74) is 17.3. The lowest BCUT2D eigenvalue weighted by atomic mass is 10.1. The number of hydrogen-bond acceptors (Lipinski definition) is 12. The first-order valence-corrected chi connectivity index (χ1v) is 25.3. The quantitative estimate of drug-likeness (QED) is 0.0995. The van der Waals surface area contributed by atoms with E-state index >= 15 is 0 Å². The van der Waals surface area contributed by atoms with Crippen LogP contribution in [0, 0.1) is 22.7 Å². The van der Waals surface area contributed by atoms with Crippen LogP contribution in [0.1, 0.15) is 95.6 Å². The number of nitrogens with one attached hydrogen (secondary N) is 6. The van der Waals surface area contributed by atoms with E-state index in [2.05, 4.69) is 46.4 Å². The Labute approximate surface area is 448 Å². The molecule has 4 aliphatic rings. The summed E-state index contributed by atoms with van der Waals surface area (Å²) in [4.78, 5) is 75.4. The van der Waals surface area contributed by atoms with E-state index in [0.29, 0.717) is 31.8 Å². The SMILES string of the molecule is CN(NC(=O)CC(=O)NN(C)C(=S)C1(C)CC1)C(=S)C1(C)CC1.CN(NC(=O)CC(=O)NN(C)C(=S)C1CC1)C(=S)C1CC1.CN(NC(=O)CC(=O)NN(C)C(=S)c1ccccc1)C(=S)c1ccccc1. The van der Waals surface area contributed by atoms with Gasteiger partial charge in [-0.1, -0.05) is 148 Å². The lowest BCUT2D eigenvalue weighted by Gasteiger charge is -2.26. The highest BCUT2D eigenvalue weighted by molar-refractivity contribution is 7.81. The van der Waals surface area contributed by atoms with Crippen LogP contribution < -0.4 is 32.6 Å². The molecule has 24 heteroatoms. The van der Waals surface area contributed by atoms with E-state index < -0.39 is 23.6 Å². The summed E-state index contributed by atoms with van der Waals surface area (Å²) in [5.74, 6) is -1.74. The van der Waals surface area contributed by atoms with E-state index in [9.17, 15) is 28.8 Å². The summed E-state index contributed by atoms with van der Waals surface area (Å²) < 4.78 is 0. The molecular weight excluding hydrogens is 1020 g/mol. The fraction of sp³-hybridized carbons (Fsp3) is 0.489. The third-order valence-corrected chi connectivity index (χ3v) is 15.3. The molecule has 0 saturated heterocycles. The van der Waals surface area contributed by atoms with E-state index in [1.165, 1.54) is 30.1 Å². The van der Waals surface area contributed by atoms with E-state index in [1.54, 1.807) is 42.3 Å². The Bertz CT molecular complexity index is 2200. The number of rotatable bonds is 12. The van der Waals surface area contributed by atoms with Crippen LogP contribution in [0.5, 0.6) is 0 Å². The second-order valence-corrected chi connectivity index (χ2v) is 20.8. The predicted octanol–water partition coefficient (Wildman–Crippen LogP) is 4.39. The molecule has 4 fully saturated rings. The van der Waals surface area contributed by atoms with Crippen LogP contribution in [0.4, 0.5) is 0 Å². The van der Waals surface area contributed by atoms with Gasteiger partial charge in [0.15, 0.2) is 0 Å². The fourth-order valence-corrected chi connectivity index (χ4v) is 7.91. The van der Waals surface area contributed by atoms with Crippen LogP contribution in [0.25, 0.3) is 0 Å². The summed E-state index contributed by atoms with van der Waals surface area (Å²) in [7, 11) is 10.1. The Morgan fingerprint density at radius 1 is 0.423 bits per heavy atom. The number of carbonyl (C=O) groups is 6. The first-order valence-electron chi connectivity index (χ1n) is 22.9. The van der Waals surface area contributed by atoms with Gasteiger partial charge in [0.25, 0.3) is 0 Å². The van der Waals surface area contributed by atoms with Crippen molar-refractivity contribution in [2.24, 2.45) is 22.7 Å². The number of amides is 6. The molecule has 18 nitrogen and oxygen atoms in total. The monoisotopic (exact) mass is 1080 g/mol. The summed E-state index contributed by atoms with van der Waals surface area (Å²) in [6.07, 6.45) is 7.55. The lowest BCUT2D eigenvalue weighted by molar-refractivity contribution is -0.134. The molecule has 2 aromatic rings. The molecule has 0 aliphatic heterocycles. The molecule has 0 bridgehead atoms. The molecule has 71 heavy (non-hydrogen) atoms. The molecule has 0 heterocycles. The van der Waals surface area contributed by atoms with Crippen molar-refractivity contribution in [3.05, 3.63) is 71.8 Å². The van der Waals surface area contributed by atoms with Gasteiger partial charge in [-0.3, -0.25) is 91.4 Å². The van der Waals surface area contributed by atoms with Crippen LogP contribution in [0.2, 0.25) is 0 Å². The molecule has 4 saturated carbocycles. The van der Waals surface area contributed by atoms with Crippen molar-refractivity contribution >= 4 is 139 Å². The molecule has 4 aliphatic carbocycles. The van der Waals surface area contributed by atoms with E-state index in [0.717, 1.165) is 72.5 Å². The number of nitrogens with zero attached hydrogens (tertiary/aromatic N) is 6. The van der Waals surface area contributed by atoms with Crippen molar-refractivity contribution in [3.8, 4) is 0 Å². The summed E-state index contributed by atoms with van der Waals surface area (Å²) in [6.45, 7) is 4.14. The van der Waals surface area contributed by atoms with E-state index in [4.69, 9.17) is 73.3 Å². The van der Waals surface area contributed by atoms with Gasteiger partial charge in [0, 0.05) is 76.1 Å². The molecule has 0 atom stereocenters. The molecule has 6 rings (SSSR count). The minimum atomic E-state index is -0.479. The second kappa shape index (κ2) is 26.3. The van der Waals surface area contributed by atoms with Gasteiger partial charge < -0.3 is 0 Å². The molecule has 0 unspecified atom stereocenters. The maximum Gasteiger partial charge on any atom is 0.248 e. The van der Waals surface area contributed by atoms with Crippen LogP contribution in [0.15, 0.2) is 60.7 Å². The molecule has 6 N–H and O–H groups in total. The van der Waals surface area contributed by atoms with Gasteiger partial charge in [-0.25, -0.2) is 0 Å². The summed E-state index contributed by atoms with van der Waals surface area (Å²) in [5, 5.41) is 8.97. The molecule has 384 valence electrons. The zero-order chi connectivity index (χ0) is 52.8. The number of benzene rings is 2. The molecular formula is C47H64N12O6S6. The molecule has 6 amide bonds. The highest BCUT2D eigenvalue weighted by Crippen LogP contribution is 2.47. The predicted molar refractivity (Wildman–Crippen MR) is 296 cm³/mol. The number of carbonyl (C=O) groups excluding carboxylic acids is 6. The van der Waals surface area contributed by atoms with Crippen molar-refractivity contribution < 1.29 is 28.8 Å². The van der Waals surface area contributed by atoms with Gasteiger partial charge in [0.05, 0.1) is 9.98 Å². The molecule has 2 aromatic carbocycles. The van der Waals surface area contributed by atoms with Crippen molar-refractivity contribution in [1.82, 2.24) is 62.6 Å². The topological polar surface area (TPSA) is 194 Å². The Hall–Kier alpha value is -5.40. The maximum atomic E-state index is 12.1. The minimum absolute atomic E-state index is 0.00569. The molecule has 0 radical (unpaired) electrons. The third-order valence-electron chi connectivity index (χ3n) is 11.5. The van der Waals surface area contributed by atoms with Gasteiger partial charge in [-0.15, -0.1) is 0 Å². The Kier molecular flexibility index (Phi) is 21.6. The van der Waals surface area contributed by atoms with Crippen LogP contribution in [-0.4, -0.2) is 138 Å². The third kappa shape index (κ3) is 19.3. The molecule has 0 spiro atoms. The van der Waals surface area contributed by atoms with Crippen LogP contribution >= 0.6 is 73.3 Å². The van der Waals surface area contributed by atoms with E-state index in [1.807, 2.05) is 60.7 Å². The average molecular weight is 1090 g/mol. The fourth-order valence-electron chi connectivity index (χ4n) is 6.48. The second-order valence-electron chi connectivity index (χ2n) is 18.4. The smallest absolute Gasteiger partial charge is 0.248 e. The summed E-state index contributed by atoms with van der Waals surface area (Å²) in [6, 6.07) is 18.6. The van der Waals surface area contributed by atoms with Crippen molar-refractivity contribution in [1.29, 1.82) is 0 Å². The van der Waals surface area contributed by atoms with Gasteiger partial charge in [0.1, 0.15) is 39.2 Å². The van der Waals surface area contributed by atoms with Crippen molar-refractivity contribution in [2.45, 2.75) is 84.5 Å². The number of hydrogen-bond donors (Lipinski definition) is 6. The van der Waals surface area contributed by atoms with Gasteiger partial charge in [0.2, 0.25) is 35.4 Å². The van der Waals surface area contributed by atoms with Crippen LogP contribution in [0.3, 0.4) is 0 Å². The van der Waals surface area contributed by atoms with Gasteiger partial charge in [-0.05, 0) is 51.4 Å². The standard InChI is InChI=1S/C19H20N4O2S2.C15H24N4O2S2.C13H20N4O2S2/c1-22(18(26)14-9-5-3-6-10-14)20-16(24)13-17(25)21-23(2)19(27)15-11-7-4-8-12-15;1-14(5-6-14)12(22)18(3)16-10(20)9-11(21)17-19(4)13(23)15(2)7-8-15;1-16(12(20)8-3-4-8)14-10(18)7-11(19)15-17(2)13(21)9-5-6-9/h3-12H,13H2,1-2H3,(H,20,24)(H,21,25);5-9H2,1-4H3,(H,16,20)(H,17,21);8-9H,3-7H2,1-2H3,(H,14,18)(H,15,19). The number of hydrazine groups is 6. The first-order chi connectivity index (χ1) is 33.3. The maximum absolute atomic E-state index is 12.1. The highest BCUT2D eigenvalue weighted by atomic mass is 32.1. The lowest BCUT2D eigenvalue weighted by Crippen LogP contribution is -2.49. The normalized spacial score (nSPS) is 15.0. The van der Waals surface area contributed by atoms with Crippen LogP contribution in [-0.2, 0) is 28.8 Å². The zero-order valence-corrected chi connectivity index (χ0v) is 46.2. The molecule has 0 aromatic heterocycles. The van der Waals surface area contributed by atoms with Gasteiger partial charge >= 0.3 is 0 Å². The van der Waals surface area contributed by atoms with Crippen molar-refractivity contribution in [2.75, 3.05) is 42.3 Å². The Morgan fingerprint density at radius 3 is 0.901 bits per heavy atom. The largest absolute Gasteiger partial charge is 0.282 e.